The average Bonchev–Trinajstić information content (AvgIpc) is 2.63. The third-order valence-corrected chi connectivity index (χ3v) is 5.00. The lowest BCUT2D eigenvalue weighted by atomic mass is 9.73. The zero-order valence-electron chi connectivity index (χ0n) is 9.40. The monoisotopic (exact) mass is 207 g/mol. The molecule has 3 rings (SSSR count). The van der Waals surface area contributed by atoms with E-state index in [1.165, 1.54) is 51.4 Å². The molecular formula is C13H21NO. The van der Waals surface area contributed by atoms with Gasteiger partial charge in [0.2, 0.25) is 6.41 Å². The number of likely N-dealkylation sites (tertiary alicyclic amines) is 1. The van der Waals surface area contributed by atoms with Gasteiger partial charge in [0.1, 0.15) is 0 Å². The number of hydrogen-bond donors (Lipinski definition) is 0. The molecule has 0 N–H and O–H groups in total. The van der Waals surface area contributed by atoms with Crippen LogP contribution in [0.1, 0.15) is 51.4 Å². The van der Waals surface area contributed by atoms with Crippen molar-refractivity contribution >= 4 is 6.41 Å². The third kappa shape index (κ3) is 1.41. The second-order valence-corrected chi connectivity index (χ2v) is 5.58. The van der Waals surface area contributed by atoms with E-state index in [-0.39, 0.29) is 0 Å². The number of carbonyl (C=O) groups excluding carboxylic acids is 1. The molecule has 15 heavy (non-hydrogen) atoms. The maximum absolute atomic E-state index is 11.2. The van der Waals surface area contributed by atoms with Gasteiger partial charge in [-0.25, -0.2) is 0 Å². The van der Waals surface area contributed by atoms with Crippen molar-refractivity contribution in [3.05, 3.63) is 0 Å². The maximum Gasteiger partial charge on any atom is 0.210 e. The summed E-state index contributed by atoms with van der Waals surface area (Å²) in [4.78, 5) is 13.4. The fraction of sp³-hybridized carbons (Fsp3) is 0.923. The van der Waals surface area contributed by atoms with Crippen LogP contribution in [0.5, 0.6) is 0 Å². The van der Waals surface area contributed by atoms with Gasteiger partial charge in [-0.05, 0) is 37.5 Å². The highest BCUT2D eigenvalue weighted by Crippen LogP contribution is 2.48. The van der Waals surface area contributed by atoms with Crippen LogP contribution in [0.15, 0.2) is 0 Å². The third-order valence-electron chi connectivity index (χ3n) is 5.00. The normalized spacial score (nSPS) is 44.7. The Morgan fingerprint density at radius 3 is 1.73 bits per heavy atom. The number of rotatable bonds is 1. The predicted molar refractivity (Wildman–Crippen MR) is 59.4 cm³/mol. The molecule has 4 unspecified atom stereocenters. The largest absolute Gasteiger partial charge is 0.339 e. The van der Waals surface area contributed by atoms with Crippen LogP contribution in [0.3, 0.4) is 0 Å². The van der Waals surface area contributed by atoms with Crippen LogP contribution in [-0.2, 0) is 4.79 Å². The van der Waals surface area contributed by atoms with Gasteiger partial charge in [-0.3, -0.25) is 4.79 Å². The van der Waals surface area contributed by atoms with E-state index in [2.05, 4.69) is 4.90 Å². The van der Waals surface area contributed by atoms with Crippen molar-refractivity contribution in [2.45, 2.75) is 63.5 Å². The molecule has 0 bridgehead atoms. The molecule has 1 amide bonds. The van der Waals surface area contributed by atoms with Crippen LogP contribution in [0.2, 0.25) is 0 Å². The van der Waals surface area contributed by atoms with Crippen LogP contribution in [-0.4, -0.2) is 23.4 Å². The second-order valence-electron chi connectivity index (χ2n) is 5.58. The number of carbonyl (C=O) groups is 1. The Labute approximate surface area is 92.0 Å². The van der Waals surface area contributed by atoms with E-state index in [0.717, 1.165) is 18.2 Å². The van der Waals surface area contributed by atoms with Crippen molar-refractivity contribution < 1.29 is 4.79 Å². The Bertz CT molecular complexity index is 231. The van der Waals surface area contributed by atoms with Crippen LogP contribution in [0.4, 0.5) is 0 Å². The molecule has 0 aromatic heterocycles. The van der Waals surface area contributed by atoms with E-state index in [1.807, 2.05) is 0 Å². The highest BCUT2D eigenvalue weighted by atomic mass is 16.1. The van der Waals surface area contributed by atoms with E-state index in [4.69, 9.17) is 0 Å². The minimum Gasteiger partial charge on any atom is -0.339 e. The van der Waals surface area contributed by atoms with Crippen molar-refractivity contribution in [3.63, 3.8) is 0 Å². The van der Waals surface area contributed by atoms with Crippen LogP contribution >= 0.6 is 0 Å². The number of amides is 1. The highest BCUT2D eigenvalue weighted by Gasteiger charge is 2.48. The minimum absolute atomic E-state index is 0.615. The SMILES string of the molecule is O=CN1C2CCCCC2C2CCCCC21. The van der Waals surface area contributed by atoms with E-state index < -0.39 is 0 Å². The molecule has 0 radical (unpaired) electrons. The van der Waals surface area contributed by atoms with Gasteiger partial charge in [0.05, 0.1) is 0 Å². The average molecular weight is 207 g/mol. The number of hydrogen-bond acceptors (Lipinski definition) is 1. The Morgan fingerprint density at radius 1 is 0.800 bits per heavy atom. The summed E-state index contributed by atoms with van der Waals surface area (Å²) in [5.74, 6) is 1.71. The molecule has 3 aliphatic rings. The smallest absolute Gasteiger partial charge is 0.210 e. The Morgan fingerprint density at radius 2 is 1.27 bits per heavy atom. The Hall–Kier alpha value is -0.530. The van der Waals surface area contributed by atoms with Crippen molar-refractivity contribution in [1.29, 1.82) is 0 Å². The molecule has 3 fully saturated rings. The maximum atomic E-state index is 11.2. The second kappa shape index (κ2) is 3.80. The van der Waals surface area contributed by atoms with Gasteiger partial charge < -0.3 is 4.90 Å². The van der Waals surface area contributed by atoms with Gasteiger partial charge in [0.15, 0.2) is 0 Å². The van der Waals surface area contributed by atoms with Crippen molar-refractivity contribution in [2.24, 2.45) is 11.8 Å². The number of fused-ring (bicyclic) bond motifs is 3. The molecule has 0 aromatic carbocycles. The molecule has 1 aliphatic heterocycles. The van der Waals surface area contributed by atoms with E-state index in [0.29, 0.717) is 12.1 Å². The first-order valence-corrected chi connectivity index (χ1v) is 6.64. The quantitative estimate of drug-likeness (QED) is 0.605. The molecule has 1 saturated heterocycles. The van der Waals surface area contributed by atoms with Gasteiger partial charge in [-0.2, -0.15) is 0 Å². The van der Waals surface area contributed by atoms with Gasteiger partial charge in [-0.1, -0.05) is 25.7 Å². The van der Waals surface area contributed by atoms with E-state index in [9.17, 15) is 4.79 Å². The lowest BCUT2D eigenvalue weighted by Crippen LogP contribution is -2.38. The minimum atomic E-state index is 0.615. The van der Waals surface area contributed by atoms with Gasteiger partial charge in [-0.15, -0.1) is 0 Å². The molecule has 2 aliphatic carbocycles. The highest BCUT2D eigenvalue weighted by molar-refractivity contribution is 5.50. The first-order valence-electron chi connectivity index (χ1n) is 6.64. The van der Waals surface area contributed by atoms with Crippen molar-refractivity contribution in [1.82, 2.24) is 4.90 Å². The predicted octanol–water partition coefficient (Wildman–Crippen LogP) is 2.58. The molecule has 1 heterocycles. The topological polar surface area (TPSA) is 20.3 Å². The van der Waals surface area contributed by atoms with Crippen molar-refractivity contribution in [3.8, 4) is 0 Å². The fourth-order valence-corrected chi connectivity index (χ4v) is 4.42. The van der Waals surface area contributed by atoms with Crippen LogP contribution < -0.4 is 0 Å². The zero-order valence-corrected chi connectivity index (χ0v) is 9.40. The lowest BCUT2D eigenvalue weighted by Gasteiger charge is -2.30. The summed E-state index contributed by atoms with van der Waals surface area (Å²) in [6.07, 6.45) is 11.9. The molecule has 0 spiro atoms. The summed E-state index contributed by atoms with van der Waals surface area (Å²) in [5.41, 5.74) is 0. The van der Waals surface area contributed by atoms with E-state index >= 15 is 0 Å². The van der Waals surface area contributed by atoms with Crippen LogP contribution in [0, 0.1) is 11.8 Å². The lowest BCUT2D eigenvalue weighted by molar-refractivity contribution is -0.121. The summed E-state index contributed by atoms with van der Waals surface area (Å²) in [6, 6.07) is 1.23. The summed E-state index contributed by atoms with van der Waals surface area (Å²) >= 11 is 0. The summed E-state index contributed by atoms with van der Waals surface area (Å²) in [7, 11) is 0. The molecule has 2 saturated carbocycles. The zero-order chi connectivity index (χ0) is 10.3. The molecule has 4 atom stereocenters. The van der Waals surface area contributed by atoms with Gasteiger partial charge in [0, 0.05) is 12.1 Å². The fourth-order valence-electron chi connectivity index (χ4n) is 4.42. The van der Waals surface area contributed by atoms with Gasteiger partial charge >= 0.3 is 0 Å². The van der Waals surface area contributed by atoms with E-state index in [1.54, 1.807) is 0 Å². The summed E-state index contributed by atoms with van der Waals surface area (Å²) in [5, 5.41) is 0. The molecule has 84 valence electrons. The number of nitrogens with zero attached hydrogens (tertiary/aromatic N) is 1. The molecule has 2 heteroatoms. The summed E-state index contributed by atoms with van der Waals surface area (Å²) in [6.45, 7) is 0. The Kier molecular flexibility index (Phi) is 2.45. The van der Waals surface area contributed by atoms with Crippen LogP contribution in [0.25, 0.3) is 0 Å². The molecular weight excluding hydrogens is 186 g/mol. The summed E-state index contributed by atoms with van der Waals surface area (Å²) < 4.78 is 0. The first-order chi connectivity index (χ1) is 7.42. The molecule has 2 nitrogen and oxygen atoms in total. The Balaban J connectivity index is 1.86. The molecule has 0 aromatic rings. The standard InChI is InChI=1S/C13H21NO/c15-9-14-12-7-3-1-5-10(12)11-6-2-4-8-13(11)14/h9-13H,1-8H2. The first kappa shape index (κ1) is 9.68. The van der Waals surface area contributed by atoms with Gasteiger partial charge in [0.25, 0.3) is 0 Å². The van der Waals surface area contributed by atoms with Crippen molar-refractivity contribution in [2.75, 3.05) is 0 Å².